The maximum Gasteiger partial charge on any atom is 0.0390 e. The quantitative estimate of drug-likeness (QED) is 0.691. The monoisotopic (exact) mass is 363 g/mol. The minimum atomic E-state index is 0.0705. The molecule has 0 aromatic heterocycles. The minimum absolute atomic E-state index is 0.0705. The SMILES string of the molecule is CC(C)Cc1cccc(C(N)CSc2cccc(Br)c2)c1. The van der Waals surface area contributed by atoms with E-state index in [1.165, 1.54) is 16.0 Å². The molecule has 0 bridgehead atoms. The van der Waals surface area contributed by atoms with Crippen molar-refractivity contribution in [1.29, 1.82) is 0 Å². The second-order valence-electron chi connectivity index (χ2n) is 5.72. The highest BCUT2D eigenvalue weighted by Gasteiger charge is 2.08. The number of rotatable bonds is 6. The van der Waals surface area contributed by atoms with Crippen LogP contribution in [0.4, 0.5) is 0 Å². The highest BCUT2D eigenvalue weighted by molar-refractivity contribution is 9.10. The molecular weight excluding hydrogens is 342 g/mol. The summed E-state index contributed by atoms with van der Waals surface area (Å²) in [5.41, 5.74) is 8.96. The normalized spacial score (nSPS) is 12.6. The van der Waals surface area contributed by atoms with Gasteiger partial charge in [-0.3, -0.25) is 0 Å². The topological polar surface area (TPSA) is 26.0 Å². The van der Waals surface area contributed by atoms with Crippen LogP contribution in [0.3, 0.4) is 0 Å². The lowest BCUT2D eigenvalue weighted by Gasteiger charge is -2.14. The number of halogens is 1. The van der Waals surface area contributed by atoms with Gasteiger partial charge in [-0.15, -0.1) is 11.8 Å². The van der Waals surface area contributed by atoms with Gasteiger partial charge in [-0.2, -0.15) is 0 Å². The molecule has 0 heterocycles. The van der Waals surface area contributed by atoms with Gasteiger partial charge in [0.25, 0.3) is 0 Å². The molecule has 0 saturated heterocycles. The third kappa shape index (κ3) is 5.50. The van der Waals surface area contributed by atoms with Gasteiger partial charge in [0.15, 0.2) is 0 Å². The molecule has 0 aliphatic rings. The fourth-order valence-corrected chi connectivity index (χ4v) is 3.76. The number of thioether (sulfide) groups is 1. The molecule has 1 atom stereocenters. The number of hydrogen-bond acceptors (Lipinski definition) is 2. The molecule has 2 rings (SSSR count). The van der Waals surface area contributed by atoms with E-state index in [0.29, 0.717) is 5.92 Å². The maximum absolute atomic E-state index is 6.35. The van der Waals surface area contributed by atoms with Gasteiger partial charge in [-0.1, -0.05) is 60.1 Å². The van der Waals surface area contributed by atoms with Crippen LogP contribution in [0.25, 0.3) is 0 Å². The zero-order chi connectivity index (χ0) is 15.2. The lowest BCUT2D eigenvalue weighted by molar-refractivity contribution is 0.646. The fraction of sp³-hybridized carbons (Fsp3) is 0.333. The van der Waals surface area contributed by atoms with Crippen LogP contribution >= 0.6 is 27.7 Å². The van der Waals surface area contributed by atoms with Gasteiger partial charge in [0.2, 0.25) is 0 Å². The summed E-state index contributed by atoms with van der Waals surface area (Å²) in [4.78, 5) is 1.25. The summed E-state index contributed by atoms with van der Waals surface area (Å²) in [6.07, 6.45) is 1.11. The Hall–Kier alpha value is -0.770. The second kappa shape index (κ2) is 8.02. The molecule has 2 aromatic rings. The average molecular weight is 364 g/mol. The molecule has 112 valence electrons. The van der Waals surface area contributed by atoms with E-state index >= 15 is 0 Å². The first-order valence-electron chi connectivity index (χ1n) is 7.27. The van der Waals surface area contributed by atoms with Crippen LogP contribution in [0.5, 0.6) is 0 Å². The molecule has 0 amide bonds. The Morgan fingerprint density at radius 3 is 2.57 bits per heavy atom. The van der Waals surface area contributed by atoms with E-state index < -0.39 is 0 Å². The van der Waals surface area contributed by atoms with Crippen molar-refractivity contribution in [3.8, 4) is 0 Å². The Labute approximate surface area is 140 Å². The van der Waals surface area contributed by atoms with Crippen LogP contribution < -0.4 is 5.73 Å². The van der Waals surface area contributed by atoms with Gasteiger partial charge in [0.1, 0.15) is 0 Å². The Bertz CT molecular complexity index is 583. The summed E-state index contributed by atoms with van der Waals surface area (Å²) in [5.74, 6) is 1.56. The Balaban J connectivity index is 1.98. The highest BCUT2D eigenvalue weighted by Crippen LogP contribution is 2.26. The van der Waals surface area contributed by atoms with Crippen molar-refractivity contribution in [1.82, 2.24) is 0 Å². The van der Waals surface area contributed by atoms with Crippen molar-refractivity contribution in [3.05, 3.63) is 64.1 Å². The first kappa shape index (κ1) is 16.6. The molecule has 0 radical (unpaired) electrons. The Morgan fingerprint density at radius 1 is 1.10 bits per heavy atom. The van der Waals surface area contributed by atoms with Gasteiger partial charge in [-0.05, 0) is 41.7 Å². The molecular formula is C18H22BrNS. The van der Waals surface area contributed by atoms with Crippen molar-refractivity contribution < 1.29 is 0 Å². The van der Waals surface area contributed by atoms with Crippen molar-refractivity contribution in [3.63, 3.8) is 0 Å². The molecule has 0 saturated carbocycles. The lowest BCUT2D eigenvalue weighted by atomic mass is 9.99. The predicted octanol–water partition coefficient (Wildman–Crippen LogP) is 5.44. The third-order valence-electron chi connectivity index (χ3n) is 3.25. The molecule has 0 aliphatic heterocycles. The summed E-state index contributed by atoms with van der Waals surface area (Å²) in [6.45, 7) is 4.49. The number of benzene rings is 2. The summed E-state index contributed by atoms with van der Waals surface area (Å²) < 4.78 is 1.11. The highest BCUT2D eigenvalue weighted by atomic mass is 79.9. The Morgan fingerprint density at radius 2 is 1.86 bits per heavy atom. The predicted molar refractivity (Wildman–Crippen MR) is 96.8 cm³/mol. The van der Waals surface area contributed by atoms with E-state index in [1.54, 1.807) is 11.8 Å². The smallest absolute Gasteiger partial charge is 0.0390 e. The van der Waals surface area contributed by atoms with E-state index in [-0.39, 0.29) is 6.04 Å². The van der Waals surface area contributed by atoms with Crippen LogP contribution in [-0.2, 0) is 6.42 Å². The standard InChI is InChI=1S/C18H22BrNS/c1-13(2)9-14-5-3-6-15(10-14)18(20)12-21-17-8-4-7-16(19)11-17/h3-8,10-11,13,18H,9,12,20H2,1-2H3. The van der Waals surface area contributed by atoms with Gasteiger partial charge < -0.3 is 5.73 Å². The molecule has 0 spiro atoms. The summed E-state index contributed by atoms with van der Waals surface area (Å²) in [5, 5.41) is 0. The average Bonchev–Trinajstić information content (AvgIpc) is 2.44. The Kier molecular flexibility index (Phi) is 6.34. The van der Waals surface area contributed by atoms with Gasteiger partial charge in [-0.25, -0.2) is 0 Å². The van der Waals surface area contributed by atoms with E-state index in [0.717, 1.165) is 16.6 Å². The van der Waals surface area contributed by atoms with Gasteiger partial charge in [0.05, 0.1) is 0 Å². The number of nitrogens with two attached hydrogens (primary N) is 1. The minimum Gasteiger partial charge on any atom is -0.323 e. The summed E-state index contributed by atoms with van der Waals surface area (Å²) in [6, 6.07) is 17.1. The van der Waals surface area contributed by atoms with Crippen molar-refractivity contribution in [2.75, 3.05) is 5.75 Å². The van der Waals surface area contributed by atoms with Crippen LogP contribution in [0, 0.1) is 5.92 Å². The summed E-state index contributed by atoms with van der Waals surface area (Å²) in [7, 11) is 0. The molecule has 0 aliphatic carbocycles. The maximum atomic E-state index is 6.35. The molecule has 1 unspecified atom stereocenters. The van der Waals surface area contributed by atoms with E-state index in [9.17, 15) is 0 Å². The van der Waals surface area contributed by atoms with Gasteiger partial charge in [0, 0.05) is 21.2 Å². The van der Waals surface area contributed by atoms with Gasteiger partial charge >= 0.3 is 0 Å². The van der Waals surface area contributed by atoms with Crippen LogP contribution in [0.1, 0.15) is 31.0 Å². The van der Waals surface area contributed by atoms with E-state index in [4.69, 9.17) is 5.73 Å². The molecule has 0 fully saturated rings. The zero-order valence-corrected chi connectivity index (χ0v) is 15.0. The summed E-state index contributed by atoms with van der Waals surface area (Å²) >= 11 is 5.30. The molecule has 2 N–H and O–H groups in total. The molecule has 3 heteroatoms. The number of hydrogen-bond donors (Lipinski definition) is 1. The van der Waals surface area contributed by atoms with E-state index in [2.05, 4.69) is 72.2 Å². The van der Waals surface area contributed by atoms with Crippen LogP contribution in [0.2, 0.25) is 0 Å². The first-order valence-corrected chi connectivity index (χ1v) is 9.05. The molecule has 21 heavy (non-hydrogen) atoms. The van der Waals surface area contributed by atoms with Crippen LogP contribution in [-0.4, -0.2) is 5.75 Å². The third-order valence-corrected chi connectivity index (χ3v) is 4.86. The zero-order valence-electron chi connectivity index (χ0n) is 12.6. The fourth-order valence-electron chi connectivity index (χ4n) is 2.26. The van der Waals surface area contributed by atoms with Crippen LogP contribution in [0.15, 0.2) is 57.9 Å². The van der Waals surface area contributed by atoms with E-state index in [1.807, 2.05) is 6.07 Å². The van der Waals surface area contributed by atoms with Crippen molar-refractivity contribution >= 4 is 27.7 Å². The first-order chi connectivity index (χ1) is 10.0. The largest absolute Gasteiger partial charge is 0.323 e. The van der Waals surface area contributed by atoms with Crippen molar-refractivity contribution in [2.24, 2.45) is 11.7 Å². The lowest BCUT2D eigenvalue weighted by Crippen LogP contribution is -2.13. The second-order valence-corrected chi connectivity index (χ2v) is 7.73. The molecule has 2 aromatic carbocycles. The van der Waals surface area contributed by atoms with Crippen molar-refractivity contribution in [2.45, 2.75) is 31.2 Å². The molecule has 1 nitrogen and oxygen atoms in total.